The quantitative estimate of drug-likeness (QED) is 0.264. The summed E-state index contributed by atoms with van der Waals surface area (Å²) < 4.78 is 49.5. The number of H-pyrrole nitrogens is 1. The number of hydrogen-bond donors (Lipinski definition) is 3. The van der Waals surface area contributed by atoms with Crippen molar-refractivity contribution in [2.24, 2.45) is 0 Å². The first-order valence-corrected chi connectivity index (χ1v) is 13.4. The average Bonchev–Trinajstić information content (AvgIpc) is 3.75. The van der Waals surface area contributed by atoms with E-state index in [0.29, 0.717) is 33.9 Å². The van der Waals surface area contributed by atoms with Crippen LogP contribution in [0.2, 0.25) is 0 Å². The first-order valence-electron chi connectivity index (χ1n) is 13.4. The van der Waals surface area contributed by atoms with E-state index in [2.05, 4.69) is 40.8 Å². The number of hydrogen-bond acceptors (Lipinski definition) is 8. The molecule has 6 rings (SSSR count). The SMILES string of the molecule is CC(C)(C)c1noc(C(=O)NCc2ccc(-c3ccnc4nc(-c5cnn(C6CCNC6)c5)[nH]c34)cc2C(F)(F)F)n1. The summed E-state index contributed by atoms with van der Waals surface area (Å²) in [6, 6.07) is 5.87. The van der Waals surface area contributed by atoms with Gasteiger partial charge in [-0.15, -0.1) is 0 Å². The normalized spacial score (nSPS) is 15.9. The first-order chi connectivity index (χ1) is 20.0. The Bertz CT molecular complexity index is 1760. The number of rotatable bonds is 6. The summed E-state index contributed by atoms with van der Waals surface area (Å²) in [6.45, 7) is 6.92. The van der Waals surface area contributed by atoms with Gasteiger partial charge in [0, 0.05) is 36.5 Å². The van der Waals surface area contributed by atoms with Gasteiger partial charge in [-0.2, -0.15) is 23.3 Å². The topological polar surface area (TPSA) is 139 Å². The van der Waals surface area contributed by atoms with Crippen LogP contribution in [-0.4, -0.2) is 53.9 Å². The number of pyridine rings is 1. The lowest BCUT2D eigenvalue weighted by atomic mass is 9.96. The highest BCUT2D eigenvalue weighted by atomic mass is 19.4. The smallest absolute Gasteiger partial charge is 0.344 e. The van der Waals surface area contributed by atoms with Gasteiger partial charge < -0.3 is 20.1 Å². The van der Waals surface area contributed by atoms with Gasteiger partial charge in [0.2, 0.25) is 0 Å². The number of benzene rings is 1. The first kappa shape index (κ1) is 27.6. The average molecular weight is 580 g/mol. The molecular formula is C28H28F3N9O2. The maximum absolute atomic E-state index is 14.2. The number of amides is 1. The van der Waals surface area contributed by atoms with Crippen LogP contribution in [0.25, 0.3) is 33.7 Å². The van der Waals surface area contributed by atoms with Crippen LogP contribution >= 0.6 is 0 Å². The van der Waals surface area contributed by atoms with Crippen molar-refractivity contribution < 1.29 is 22.5 Å². The fourth-order valence-corrected chi connectivity index (χ4v) is 4.85. The highest BCUT2D eigenvalue weighted by Crippen LogP contribution is 2.37. The van der Waals surface area contributed by atoms with Gasteiger partial charge in [0.05, 0.1) is 28.9 Å². The van der Waals surface area contributed by atoms with Crippen molar-refractivity contribution in [3.8, 4) is 22.5 Å². The summed E-state index contributed by atoms with van der Waals surface area (Å²) >= 11 is 0. The number of halogens is 3. The Morgan fingerprint density at radius 1 is 1.17 bits per heavy atom. The van der Waals surface area contributed by atoms with Gasteiger partial charge in [-0.25, -0.2) is 9.97 Å². The molecule has 218 valence electrons. The van der Waals surface area contributed by atoms with Crippen molar-refractivity contribution in [3.05, 3.63) is 65.7 Å². The Balaban J connectivity index is 1.28. The molecule has 1 amide bonds. The molecule has 42 heavy (non-hydrogen) atoms. The molecule has 3 N–H and O–H groups in total. The van der Waals surface area contributed by atoms with Crippen LogP contribution in [0.4, 0.5) is 13.2 Å². The van der Waals surface area contributed by atoms with E-state index >= 15 is 0 Å². The molecular weight excluding hydrogens is 551 g/mol. The molecule has 11 nitrogen and oxygen atoms in total. The molecule has 5 aromatic rings. The predicted octanol–water partition coefficient (Wildman–Crippen LogP) is 4.65. The summed E-state index contributed by atoms with van der Waals surface area (Å²) in [7, 11) is 0. The number of carbonyl (C=O) groups is 1. The van der Waals surface area contributed by atoms with E-state index in [0.717, 1.165) is 31.1 Å². The molecule has 1 saturated heterocycles. The second-order valence-corrected chi connectivity index (χ2v) is 11.2. The monoisotopic (exact) mass is 579 g/mol. The summed E-state index contributed by atoms with van der Waals surface area (Å²) in [5.74, 6) is -0.236. The van der Waals surface area contributed by atoms with E-state index in [-0.39, 0.29) is 24.0 Å². The zero-order valence-electron chi connectivity index (χ0n) is 23.1. The molecule has 1 atom stereocenters. The van der Waals surface area contributed by atoms with E-state index < -0.39 is 23.1 Å². The predicted molar refractivity (Wildman–Crippen MR) is 146 cm³/mol. The third-order valence-corrected chi connectivity index (χ3v) is 7.13. The Labute approximate surface area is 237 Å². The van der Waals surface area contributed by atoms with Crippen molar-refractivity contribution in [1.82, 2.24) is 45.5 Å². The van der Waals surface area contributed by atoms with Crippen LogP contribution in [-0.2, 0) is 18.1 Å². The van der Waals surface area contributed by atoms with E-state index in [1.54, 1.807) is 18.3 Å². The van der Waals surface area contributed by atoms with Gasteiger partial charge in [-0.05, 0) is 36.2 Å². The van der Waals surface area contributed by atoms with Crippen LogP contribution in [0, 0.1) is 0 Å². The fourth-order valence-electron chi connectivity index (χ4n) is 4.85. The van der Waals surface area contributed by atoms with E-state index in [9.17, 15) is 18.0 Å². The maximum atomic E-state index is 14.2. The Hall–Kier alpha value is -4.59. The molecule has 0 aliphatic carbocycles. The standard InChI is InChI=1S/C28H28F3N9O2/c1-27(2,3)26-38-25(42-39-26)24(41)34-11-16-5-4-15(10-20(16)28(29,30)31)19-7-9-33-23-21(19)36-22(37-23)17-12-35-40(14-17)18-6-8-32-13-18/h4-5,7,9-10,12,14,18,32H,6,8,11,13H2,1-3H3,(H,34,41)(H,33,36,37). The van der Waals surface area contributed by atoms with Crippen LogP contribution < -0.4 is 10.6 Å². The van der Waals surface area contributed by atoms with Gasteiger partial charge in [-0.1, -0.05) is 38.1 Å². The number of imidazole rings is 1. The van der Waals surface area contributed by atoms with Gasteiger partial charge >= 0.3 is 18.0 Å². The summed E-state index contributed by atoms with van der Waals surface area (Å²) in [5.41, 5.74) is 1.01. The Morgan fingerprint density at radius 3 is 2.71 bits per heavy atom. The number of nitrogens with zero attached hydrogens (tertiary/aromatic N) is 6. The fraction of sp³-hybridized carbons (Fsp3) is 0.357. The molecule has 5 heterocycles. The molecule has 0 spiro atoms. The minimum Gasteiger partial charge on any atom is -0.344 e. The van der Waals surface area contributed by atoms with Crippen molar-refractivity contribution in [2.45, 2.75) is 51.4 Å². The molecule has 14 heteroatoms. The molecule has 1 aromatic carbocycles. The number of fused-ring (bicyclic) bond motifs is 1. The zero-order chi connectivity index (χ0) is 29.6. The Kier molecular flexibility index (Phi) is 6.80. The lowest BCUT2D eigenvalue weighted by Crippen LogP contribution is -2.25. The van der Waals surface area contributed by atoms with Crippen molar-refractivity contribution in [2.75, 3.05) is 13.1 Å². The molecule has 0 radical (unpaired) electrons. The van der Waals surface area contributed by atoms with Crippen molar-refractivity contribution in [3.63, 3.8) is 0 Å². The van der Waals surface area contributed by atoms with Gasteiger partial charge in [0.1, 0.15) is 5.82 Å². The van der Waals surface area contributed by atoms with Gasteiger partial charge in [0.25, 0.3) is 0 Å². The number of aromatic nitrogens is 7. The summed E-state index contributed by atoms with van der Waals surface area (Å²) in [5, 5.41) is 14.0. The van der Waals surface area contributed by atoms with Crippen molar-refractivity contribution >= 4 is 17.1 Å². The van der Waals surface area contributed by atoms with Crippen LogP contribution in [0.1, 0.15) is 60.9 Å². The summed E-state index contributed by atoms with van der Waals surface area (Å²) in [6.07, 6.45) is 1.42. The zero-order valence-corrected chi connectivity index (χ0v) is 23.1. The molecule has 1 aliphatic heterocycles. The third kappa shape index (κ3) is 5.36. The third-order valence-electron chi connectivity index (χ3n) is 7.13. The van der Waals surface area contributed by atoms with Crippen molar-refractivity contribution in [1.29, 1.82) is 0 Å². The largest absolute Gasteiger partial charge is 0.416 e. The highest BCUT2D eigenvalue weighted by molar-refractivity contribution is 5.92. The molecule has 4 aromatic heterocycles. The number of nitrogens with one attached hydrogen (secondary N) is 3. The number of alkyl halides is 3. The van der Waals surface area contributed by atoms with E-state index in [4.69, 9.17) is 4.52 Å². The minimum atomic E-state index is -4.67. The van der Waals surface area contributed by atoms with Crippen LogP contribution in [0.15, 0.2) is 47.4 Å². The molecule has 1 unspecified atom stereocenters. The number of aromatic amines is 1. The molecule has 1 fully saturated rings. The maximum Gasteiger partial charge on any atom is 0.416 e. The number of carbonyl (C=O) groups excluding carboxylic acids is 1. The van der Waals surface area contributed by atoms with Gasteiger partial charge in [0.15, 0.2) is 11.5 Å². The van der Waals surface area contributed by atoms with Crippen LogP contribution in [0.5, 0.6) is 0 Å². The molecule has 0 bridgehead atoms. The van der Waals surface area contributed by atoms with E-state index in [1.165, 1.54) is 12.3 Å². The summed E-state index contributed by atoms with van der Waals surface area (Å²) in [4.78, 5) is 28.7. The lowest BCUT2D eigenvalue weighted by molar-refractivity contribution is -0.138. The minimum absolute atomic E-state index is 0.112. The highest BCUT2D eigenvalue weighted by Gasteiger charge is 2.34. The van der Waals surface area contributed by atoms with Gasteiger partial charge in [-0.3, -0.25) is 9.48 Å². The van der Waals surface area contributed by atoms with E-state index in [1.807, 2.05) is 31.6 Å². The van der Waals surface area contributed by atoms with Crippen LogP contribution in [0.3, 0.4) is 0 Å². The second-order valence-electron chi connectivity index (χ2n) is 11.2. The molecule has 1 aliphatic rings. The lowest BCUT2D eigenvalue weighted by Gasteiger charge is -2.15. The molecule has 0 saturated carbocycles. The second kappa shape index (κ2) is 10.4. The Morgan fingerprint density at radius 2 is 2.00 bits per heavy atom.